The fraction of sp³-hybridized carbons (Fsp3) is 0.343. The number of pyridine rings is 1. The molecule has 0 bridgehead atoms. The van der Waals surface area contributed by atoms with Gasteiger partial charge in [-0.15, -0.1) is 11.3 Å². The lowest BCUT2D eigenvalue weighted by Gasteiger charge is -2.23. The lowest BCUT2D eigenvalue weighted by atomic mass is 9.95. The molecule has 0 unspecified atom stereocenters. The van der Waals surface area contributed by atoms with Gasteiger partial charge < -0.3 is 30.2 Å². The Hall–Kier alpha value is -4.97. The molecule has 47 heavy (non-hydrogen) atoms. The summed E-state index contributed by atoms with van der Waals surface area (Å²) in [6.45, 7) is 5.40. The highest BCUT2D eigenvalue weighted by molar-refractivity contribution is 7.14. The lowest BCUT2D eigenvalue weighted by molar-refractivity contribution is -0.120. The SMILES string of the molecule is CC[C@@H](C)[C@H](Nc1ccc2c(cc1=O)[C@@H](NC(C)=O)CCc1cc(OC)c(OC)c(OC)c1-2)C(=O)Nc1nc(-c2ccccn2)cs1. The van der Waals surface area contributed by atoms with Crippen molar-refractivity contribution >= 4 is 34.0 Å². The van der Waals surface area contributed by atoms with Crippen LogP contribution in [0.15, 0.2) is 58.8 Å². The summed E-state index contributed by atoms with van der Waals surface area (Å²) in [4.78, 5) is 48.8. The predicted octanol–water partition coefficient (Wildman–Crippen LogP) is 5.85. The van der Waals surface area contributed by atoms with Gasteiger partial charge in [0.1, 0.15) is 11.7 Å². The Morgan fingerprint density at radius 2 is 1.83 bits per heavy atom. The van der Waals surface area contributed by atoms with Crippen LogP contribution in [0.3, 0.4) is 0 Å². The molecule has 3 atom stereocenters. The number of aromatic nitrogens is 2. The van der Waals surface area contributed by atoms with Gasteiger partial charge in [0.15, 0.2) is 16.6 Å². The van der Waals surface area contributed by atoms with Gasteiger partial charge in [0.05, 0.1) is 38.8 Å². The number of hydrogen-bond acceptors (Lipinski definition) is 10. The minimum atomic E-state index is -0.741. The van der Waals surface area contributed by atoms with Crippen molar-refractivity contribution in [3.05, 3.63) is 75.4 Å². The van der Waals surface area contributed by atoms with Gasteiger partial charge in [-0.1, -0.05) is 32.4 Å². The molecule has 0 fully saturated rings. The van der Waals surface area contributed by atoms with E-state index in [1.165, 1.54) is 24.3 Å². The van der Waals surface area contributed by atoms with E-state index in [9.17, 15) is 14.4 Å². The maximum Gasteiger partial charge on any atom is 0.248 e. The Kier molecular flexibility index (Phi) is 10.4. The number of amides is 2. The van der Waals surface area contributed by atoms with Gasteiger partial charge in [-0.25, -0.2) is 4.98 Å². The fourth-order valence-electron chi connectivity index (χ4n) is 5.84. The van der Waals surface area contributed by atoms with Crippen molar-refractivity contribution < 1.29 is 23.8 Å². The third-order valence-corrected chi connectivity index (χ3v) is 9.14. The summed E-state index contributed by atoms with van der Waals surface area (Å²) in [5.74, 6) is 0.751. The highest BCUT2D eigenvalue weighted by Crippen LogP contribution is 2.50. The molecule has 3 N–H and O–H groups in total. The van der Waals surface area contributed by atoms with Crippen LogP contribution in [0, 0.1) is 5.92 Å². The normalized spacial score (nSPS) is 14.8. The zero-order chi connectivity index (χ0) is 33.7. The first-order valence-corrected chi connectivity index (χ1v) is 16.3. The largest absolute Gasteiger partial charge is 0.493 e. The first-order chi connectivity index (χ1) is 22.7. The average Bonchev–Trinajstić information content (AvgIpc) is 3.42. The molecule has 2 aromatic heterocycles. The van der Waals surface area contributed by atoms with Crippen molar-refractivity contribution in [1.29, 1.82) is 0 Å². The Labute approximate surface area is 277 Å². The molecule has 2 amide bonds. The summed E-state index contributed by atoms with van der Waals surface area (Å²) in [5.41, 5.74) is 4.30. The van der Waals surface area contributed by atoms with Crippen LogP contribution in [0.5, 0.6) is 17.2 Å². The average molecular weight is 658 g/mol. The topological polar surface area (TPSA) is 141 Å². The Bertz CT molecular complexity index is 1830. The molecule has 4 aromatic rings. The third-order valence-electron chi connectivity index (χ3n) is 8.38. The molecular weight excluding hydrogens is 618 g/mol. The third kappa shape index (κ3) is 7.07. The van der Waals surface area contributed by atoms with Crippen LogP contribution in [-0.2, 0) is 16.0 Å². The first kappa shape index (κ1) is 33.4. The van der Waals surface area contributed by atoms with Crippen molar-refractivity contribution in [1.82, 2.24) is 15.3 Å². The Morgan fingerprint density at radius 1 is 1.04 bits per heavy atom. The van der Waals surface area contributed by atoms with E-state index in [4.69, 9.17) is 14.2 Å². The molecule has 0 saturated heterocycles. The van der Waals surface area contributed by atoms with E-state index < -0.39 is 12.1 Å². The molecule has 5 rings (SSSR count). The van der Waals surface area contributed by atoms with E-state index in [2.05, 4.69) is 25.9 Å². The monoisotopic (exact) mass is 657 g/mol. The summed E-state index contributed by atoms with van der Waals surface area (Å²) in [6, 6.07) is 11.3. The van der Waals surface area contributed by atoms with E-state index >= 15 is 0 Å². The number of aryl methyl sites for hydroxylation is 1. The standard InChI is InChI=1S/C35H39N5O6S/c1-7-19(2)31(34(43)40-35-39-27(18-47-35)25-10-8-9-15-36-25)38-26-14-12-22-23(17-28(26)42)24(37-20(3)41)13-11-21-16-29(44-4)32(45-5)33(46-6)30(21)22/h8-10,12,14-19,24,31H,7,11,13H2,1-6H3,(H,37,41)(H,38,42)(H,39,40,43)/t19-,24+,31+/m1/s1. The van der Waals surface area contributed by atoms with Crippen molar-refractivity contribution in [3.63, 3.8) is 0 Å². The summed E-state index contributed by atoms with van der Waals surface area (Å²) in [6.07, 6.45) is 3.50. The van der Waals surface area contributed by atoms with E-state index in [0.29, 0.717) is 64.2 Å². The van der Waals surface area contributed by atoms with Gasteiger partial charge in [-0.2, -0.15) is 0 Å². The Morgan fingerprint density at radius 3 is 2.49 bits per heavy atom. The van der Waals surface area contributed by atoms with Gasteiger partial charge in [-0.3, -0.25) is 19.4 Å². The van der Waals surface area contributed by atoms with Crippen molar-refractivity contribution in [2.75, 3.05) is 32.0 Å². The van der Waals surface area contributed by atoms with E-state index in [1.807, 2.05) is 49.6 Å². The second kappa shape index (κ2) is 14.6. The van der Waals surface area contributed by atoms with Gasteiger partial charge in [0.2, 0.25) is 23.0 Å². The molecule has 12 heteroatoms. The molecule has 2 heterocycles. The van der Waals surface area contributed by atoms with Crippen LogP contribution in [0.4, 0.5) is 10.8 Å². The molecule has 11 nitrogen and oxygen atoms in total. The van der Waals surface area contributed by atoms with Crippen molar-refractivity contribution in [3.8, 4) is 39.8 Å². The Balaban J connectivity index is 1.56. The highest BCUT2D eigenvalue weighted by Gasteiger charge is 2.30. The number of anilines is 2. The van der Waals surface area contributed by atoms with Gasteiger partial charge in [0, 0.05) is 24.1 Å². The number of thiazole rings is 1. The molecule has 0 aliphatic heterocycles. The summed E-state index contributed by atoms with van der Waals surface area (Å²) in [7, 11) is 4.66. The zero-order valence-corrected chi connectivity index (χ0v) is 28.1. The van der Waals surface area contributed by atoms with Crippen LogP contribution in [-0.4, -0.2) is 49.2 Å². The molecule has 1 aliphatic rings. The van der Waals surface area contributed by atoms with Crippen molar-refractivity contribution in [2.24, 2.45) is 5.92 Å². The number of carbonyl (C=O) groups excluding carboxylic acids is 2. The van der Waals surface area contributed by atoms with Crippen LogP contribution in [0.2, 0.25) is 0 Å². The van der Waals surface area contributed by atoms with Gasteiger partial charge >= 0.3 is 0 Å². The number of rotatable bonds is 11. The molecular formula is C35H39N5O6S. The number of hydrogen-bond donors (Lipinski definition) is 3. The molecule has 2 aromatic carbocycles. The van der Waals surface area contributed by atoms with Crippen molar-refractivity contribution in [2.45, 2.75) is 52.1 Å². The summed E-state index contributed by atoms with van der Waals surface area (Å²) < 4.78 is 17.2. The summed E-state index contributed by atoms with van der Waals surface area (Å²) >= 11 is 1.31. The number of carbonyl (C=O) groups is 2. The van der Waals surface area contributed by atoms with Crippen LogP contribution in [0.1, 0.15) is 50.8 Å². The van der Waals surface area contributed by atoms with Crippen LogP contribution < -0.4 is 35.6 Å². The maximum atomic E-state index is 13.9. The maximum absolute atomic E-state index is 13.9. The molecule has 1 aliphatic carbocycles. The smallest absolute Gasteiger partial charge is 0.248 e. The minimum absolute atomic E-state index is 0.127. The minimum Gasteiger partial charge on any atom is -0.493 e. The second-order valence-electron chi connectivity index (χ2n) is 11.3. The number of fused-ring (bicyclic) bond motifs is 3. The summed E-state index contributed by atoms with van der Waals surface area (Å²) in [5, 5.41) is 11.5. The number of nitrogens with zero attached hydrogens (tertiary/aromatic N) is 2. The second-order valence-corrected chi connectivity index (χ2v) is 12.2. The fourth-order valence-corrected chi connectivity index (χ4v) is 6.55. The van der Waals surface area contributed by atoms with Crippen LogP contribution >= 0.6 is 11.3 Å². The van der Waals surface area contributed by atoms with E-state index in [0.717, 1.165) is 11.1 Å². The van der Waals surface area contributed by atoms with E-state index in [1.54, 1.807) is 33.6 Å². The predicted molar refractivity (Wildman–Crippen MR) is 184 cm³/mol. The molecule has 246 valence electrons. The quantitative estimate of drug-likeness (QED) is 0.181. The first-order valence-electron chi connectivity index (χ1n) is 15.4. The molecule has 0 radical (unpaired) electrons. The number of methoxy groups -OCH3 is 3. The number of benzene rings is 1. The zero-order valence-electron chi connectivity index (χ0n) is 27.3. The van der Waals surface area contributed by atoms with Crippen LogP contribution in [0.25, 0.3) is 22.5 Å². The van der Waals surface area contributed by atoms with Gasteiger partial charge in [0.25, 0.3) is 0 Å². The molecule has 0 spiro atoms. The number of ether oxygens (including phenoxy) is 3. The lowest BCUT2D eigenvalue weighted by Crippen LogP contribution is -2.40. The van der Waals surface area contributed by atoms with E-state index in [-0.39, 0.29) is 28.8 Å². The van der Waals surface area contributed by atoms with Gasteiger partial charge in [-0.05, 0) is 65.8 Å². The molecule has 0 saturated carbocycles. The highest BCUT2D eigenvalue weighted by atomic mass is 32.1. The number of nitrogens with one attached hydrogen (secondary N) is 3.